The first kappa shape index (κ1) is 15.0. The van der Waals surface area contributed by atoms with Crippen LogP contribution in [-0.2, 0) is 0 Å². The quantitative estimate of drug-likeness (QED) is 0.260. The number of rotatable bonds is 4. The van der Waals surface area contributed by atoms with Gasteiger partial charge < -0.3 is 20.9 Å². The van der Waals surface area contributed by atoms with Crippen molar-refractivity contribution >= 4 is 23.3 Å². The van der Waals surface area contributed by atoms with Gasteiger partial charge in [-0.3, -0.25) is 0 Å². The van der Waals surface area contributed by atoms with Crippen LogP contribution in [0.3, 0.4) is 0 Å². The lowest BCUT2D eigenvalue weighted by Gasteiger charge is -2.37. The Bertz CT molecular complexity index is 493. The van der Waals surface area contributed by atoms with E-state index in [1.807, 2.05) is 24.5 Å². The third-order valence-corrected chi connectivity index (χ3v) is 4.52. The van der Waals surface area contributed by atoms with Crippen molar-refractivity contribution in [2.45, 2.75) is 30.2 Å². The number of anilines is 1. The number of piperidine rings is 1. The number of amidine groups is 1. The van der Waals surface area contributed by atoms with Gasteiger partial charge in [-0.2, -0.15) is 0 Å². The number of aliphatic hydroxyl groups is 1. The Morgan fingerprint density at radius 3 is 2.95 bits per heavy atom. The van der Waals surface area contributed by atoms with E-state index in [-0.39, 0.29) is 18.5 Å². The van der Waals surface area contributed by atoms with Gasteiger partial charge >= 0.3 is 0 Å². The van der Waals surface area contributed by atoms with Gasteiger partial charge in [0.1, 0.15) is 0 Å². The van der Waals surface area contributed by atoms with Gasteiger partial charge in [-0.25, -0.2) is 0 Å². The smallest absolute Gasteiger partial charge is 0.173 e. The zero-order chi connectivity index (χ0) is 14.5. The molecule has 1 unspecified atom stereocenters. The zero-order valence-electron chi connectivity index (χ0n) is 11.6. The van der Waals surface area contributed by atoms with Crippen molar-refractivity contribution in [1.82, 2.24) is 0 Å². The summed E-state index contributed by atoms with van der Waals surface area (Å²) in [5.41, 5.74) is 7.55. The van der Waals surface area contributed by atoms with Crippen molar-refractivity contribution < 1.29 is 10.3 Å². The van der Waals surface area contributed by atoms with Crippen LogP contribution in [0.1, 0.15) is 24.8 Å². The summed E-state index contributed by atoms with van der Waals surface area (Å²) in [4.78, 5) is 3.15. The Balaban J connectivity index is 2.49. The van der Waals surface area contributed by atoms with Crippen LogP contribution in [0, 0.1) is 0 Å². The maximum absolute atomic E-state index is 9.58. The molecule has 1 fully saturated rings. The molecule has 6 heteroatoms. The summed E-state index contributed by atoms with van der Waals surface area (Å²) in [6.45, 7) is 1.01. The topological polar surface area (TPSA) is 82.1 Å². The minimum absolute atomic E-state index is 0.103. The van der Waals surface area contributed by atoms with E-state index in [1.54, 1.807) is 11.8 Å². The van der Waals surface area contributed by atoms with E-state index in [1.165, 1.54) is 0 Å². The minimum Gasteiger partial charge on any atom is -0.409 e. The molecule has 5 nitrogen and oxygen atoms in total. The molecule has 1 saturated heterocycles. The monoisotopic (exact) mass is 295 g/mol. The fraction of sp³-hybridized carbons (Fsp3) is 0.500. The Hall–Kier alpha value is -1.40. The standard InChI is InChI=1S/C14H21N3O2S/c1-20-12-7-4-6-11(13(12)14(15)16-19)17-8-3-2-5-10(17)9-18/h4,6-7,10,18-19H,2-3,5,8-9H2,1H3,(H2,15,16). The predicted octanol–water partition coefficient (Wildman–Crippen LogP) is 1.85. The van der Waals surface area contributed by atoms with E-state index in [0.29, 0.717) is 0 Å². The molecule has 110 valence electrons. The second-order valence-electron chi connectivity index (χ2n) is 4.87. The molecule has 0 spiro atoms. The average molecular weight is 295 g/mol. The van der Waals surface area contributed by atoms with Gasteiger partial charge in [-0.1, -0.05) is 11.2 Å². The normalized spacial score (nSPS) is 20.2. The molecule has 0 aromatic heterocycles. The largest absolute Gasteiger partial charge is 0.409 e. The molecule has 0 radical (unpaired) electrons. The highest BCUT2D eigenvalue weighted by Gasteiger charge is 2.25. The van der Waals surface area contributed by atoms with Crippen LogP contribution in [-0.4, -0.2) is 41.6 Å². The lowest BCUT2D eigenvalue weighted by molar-refractivity contribution is 0.240. The SMILES string of the molecule is CSc1cccc(N2CCCCC2CO)c1/C(N)=N/O. The Morgan fingerprint density at radius 1 is 1.50 bits per heavy atom. The van der Waals surface area contributed by atoms with Crippen LogP contribution in [0.5, 0.6) is 0 Å². The molecule has 1 heterocycles. The summed E-state index contributed by atoms with van der Waals surface area (Å²) < 4.78 is 0. The second-order valence-corrected chi connectivity index (χ2v) is 5.71. The average Bonchev–Trinajstić information content (AvgIpc) is 2.53. The first-order valence-electron chi connectivity index (χ1n) is 6.75. The summed E-state index contributed by atoms with van der Waals surface area (Å²) >= 11 is 1.57. The Morgan fingerprint density at radius 2 is 2.30 bits per heavy atom. The number of thioether (sulfide) groups is 1. The van der Waals surface area contributed by atoms with Crippen molar-refractivity contribution in [1.29, 1.82) is 0 Å². The van der Waals surface area contributed by atoms with Gasteiger partial charge in [0.25, 0.3) is 0 Å². The van der Waals surface area contributed by atoms with Crippen LogP contribution < -0.4 is 10.6 Å². The molecule has 1 aromatic rings. The number of nitrogens with zero attached hydrogens (tertiary/aromatic N) is 2. The summed E-state index contributed by atoms with van der Waals surface area (Å²) in [6.07, 6.45) is 5.15. The molecule has 0 aliphatic carbocycles. The Kier molecular flexibility index (Phi) is 5.14. The van der Waals surface area contributed by atoms with Gasteiger partial charge in [-0.05, 0) is 37.7 Å². The van der Waals surface area contributed by atoms with Crippen molar-refractivity contribution in [2.24, 2.45) is 10.9 Å². The first-order valence-corrected chi connectivity index (χ1v) is 7.97. The van der Waals surface area contributed by atoms with Crippen LogP contribution in [0.2, 0.25) is 0 Å². The molecular formula is C14H21N3O2S. The number of nitrogens with two attached hydrogens (primary N) is 1. The number of benzene rings is 1. The zero-order valence-corrected chi connectivity index (χ0v) is 12.4. The lowest BCUT2D eigenvalue weighted by atomic mass is 10.00. The maximum Gasteiger partial charge on any atom is 0.173 e. The summed E-state index contributed by atoms with van der Waals surface area (Å²) in [6, 6.07) is 6.00. The molecule has 1 aliphatic heterocycles. The minimum atomic E-state index is 0.103. The Labute approximate surface area is 123 Å². The van der Waals surface area contributed by atoms with Crippen LogP contribution in [0.4, 0.5) is 5.69 Å². The van der Waals surface area contributed by atoms with E-state index < -0.39 is 0 Å². The number of hydrogen-bond acceptors (Lipinski definition) is 5. The van der Waals surface area contributed by atoms with Gasteiger partial charge in [-0.15, -0.1) is 11.8 Å². The molecule has 1 aromatic carbocycles. The highest BCUT2D eigenvalue weighted by atomic mass is 32.2. The van der Waals surface area contributed by atoms with Crippen LogP contribution in [0.25, 0.3) is 0 Å². The molecular weight excluding hydrogens is 274 g/mol. The first-order chi connectivity index (χ1) is 9.72. The third-order valence-electron chi connectivity index (χ3n) is 3.74. The van der Waals surface area contributed by atoms with Crippen LogP contribution in [0.15, 0.2) is 28.3 Å². The van der Waals surface area contributed by atoms with Gasteiger partial charge in [0.05, 0.1) is 18.2 Å². The van der Waals surface area contributed by atoms with Crippen LogP contribution >= 0.6 is 11.8 Å². The van der Waals surface area contributed by atoms with Crippen molar-refractivity contribution in [2.75, 3.05) is 24.3 Å². The van der Waals surface area contributed by atoms with Gasteiger partial charge in [0.2, 0.25) is 0 Å². The summed E-state index contributed by atoms with van der Waals surface area (Å²) in [5.74, 6) is 0.118. The van der Waals surface area contributed by atoms with E-state index >= 15 is 0 Å². The van der Waals surface area contributed by atoms with Crippen molar-refractivity contribution in [3.8, 4) is 0 Å². The fourth-order valence-electron chi connectivity index (χ4n) is 2.74. The van der Waals surface area contributed by atoms with E-state index in [2.05, 4.69) is 10.1 Å². The number of hydrogen-bond donors (Lipinski definition) is 3. The van der Waals surface area contributed by atoms with Gasteiger partial charge in [0.15, 0.2) is 5.84 Å². The third kappa shape index (κ3) is 2.86. The number of oxime groups is 1. The summed E-state index contributed by atoms with van der Waals surface area (Å²) in [5, 5.41) is 21.8. The predicted molar refractivity (Wildman–Crippen MR) is 82.8 cm³/mol. The maximum atomic E-state index is 9.58. The van der Waals surface area contributed by atoms with Gasteiger partial charge in [0, 0.05) is 17.1 Å². The summed E-state index contributed by atoms with van der Waals surface area (Å²) in [7, 11) is 0. The van der Waals surface area contributed by atoms with E-state index in [9.17, 15) is 5.11 Å². The molecule has 0 bridgehead atoms. The highest BCUT2D eigenvalue weighted by Crippen LogP contribution is 2.33. The molecule has 0 amide bonds. The van der Waals surface area contributed by atoms with E-state index in [4.69, 9.17) is 10.9 Å². The van der Waals surface area contributed by atoms with Crippen molar-refractivity contribution in [3.05, 3.63) is 23.8 Å². The molecule has 4 N–H and O–H groups in total. The molecule has 2 rings (SSSR count). The fourth-order valence-corrected chi connectivity index (χ4v) is 3.37. The van der Waals surface area contributed by atoms with E-state index in [0.717, 1.165) is 42.0 Å². The molecule has 0 saturated carbocycles. The van der Waals surface area contributed by atoms with Crippen molar-refractivity contribution in [3.63, 3.8) is 0 Å². The molecule has 1 atom stereocenters. The second kappa shape index (κ2) is 6.85. The molecule has 1 aliphatic rings. The molecule has 20 heavy (non-hydrogen) atoms. The lowest BCUT2D eigenvalue weighted by Crippen LogP contribution is -2.43. The number of aliphatic hydroxyl groups excluding tert-OH is 1. The highest BCUT2D eigenvalue weighted by molar-refractivity contribution is 7.98.